The minimum atomic E-state index is -4.68. The lowest BCUT2D eigenvalue weighted by atomic mass is 10.2. The summed E-state index contributed by atoms with van der Waals surface area (Å²) >= 11 is 0. The van der Waals surface area contributed by atoms with Crippen LogP contribution in [0.5, 0.6) is 0 Å². The first-order valence-corrected chi connectivity index (χ1v) is 11.4. The summed E-state index contributed by atoms with van der Waals surface area (Å²) in [7, 11) is -1.04. The highest BCUT2D eigenvalue weighted by molar-refractivity contribution is 7.89. The highest BCUT2D eigenvalue weighted by Crippen LogP contribution is 2.31. The van der Waals surface area contributed by atoms with Crippen molar-refractivity contribution in [1.29, 1.82) is 0 Å². The van der Waals surface area contributed by atoms with Crippen LogP contribution in [0, 0.1) is 0 Å². The Labute approximate surface area is 186 Å². The molecule has 1 amide bonds. The molecule has 0 aliphatic rings. The van der Waals surface area contributed by atoms with Gasteiger partial charge < -0.3 is 14.2 Å². The summed E-state index contributed by atoms with van der Waals surface area (Å²) in [5.41, 5.74) is -0.231. The zero-order valence-electron chi connectivity index (χ0n) is 18.5. The Morgan fingerprint density at radius 1 is 1.19 bits per heavy atom. The van der Waals surface area contributed by atoms with Gasteiger partial charge in [-0.15, -0.1) is 0 Å². The van der Waals surface area contributed by atoms with Gasteiger partial charge in [-0.05, 0) is 44.2 Å². The van der Waals surface area contributed by atoms with E-state index in [-0.39, 0.29) is 19.7 Å². The Kier molecular flexibility index (Phi) is 8.49. The number of methoxy groups -OCH3 is 1. The van der Waals surface area contributed by atoms with E-state index >= 15 is 0 Å². The molecule has 32 heavy (non-hydrogen) atoms. The number of hydrogen-bond donors (Lipinski definition) is 0. The molecule has 0 radical (unpaired) electrons. The van der Waals surface area contributed by atoms with Crippen molar-refractivity contribution in [3.63, 3.8) is 0 Å². The number of carbonyl (C=O) groups is 1. The monoisotopic (exact) mass is 475 g/mol. The number of alkyl halides is 3. The predicted octanol–water partition coefficient (Wildman–Crippen LogP) is 3.12. The summed E-state index contributed by atoms with van der Waals surface area (Å²) in [5, 5.41) is 0. The molecule has 7 nitrogen and oxygen atoms in total. The van der Waals surface area contributed by atoms with Gasteiger partial charge in [0.1, 0.15) is 0 Å². The van der Waals surface area contributed by atoms with E-state index in [4.69, 9.17) is 4.74 Å². The number of nitrogens with zero attached hydrogens (tertiary/aromatic N) is 3. The van der Waals surface area contributed by atoms with Crippen LogP contribution in [-0.2, 0) is 39.3 Å². The summed E-state index contributed by atoms with van der Waals surface area (Å²) in [4.78, 5) is 14.0. The first kappa shape index (κ1) is 25.9. The molecule has 0 N–H and O–H groups in total. The van der Waals surface area contributed by atoms with Gasteiger partial charge in [-0.1, -0.05) is 6.07 Å². The quantitative estimate of drug-likeness (QED) is 0.530. The maximum atomic E-state index is 13.2. The molecule has 1 heterocycles. The lowest BCUT2D eigenvalue weighted by Gasteiger charge is -2.29. The number of amides is 1. The van der Waals surface area contributed by atoms with Gasteiger partial charge >= 0.3 is 6.18 Å². The van der Waals surface area contributed by atoms with E-state index in [0.29, 0.717) is 6.07 Å². The molecule has 2 rings (SSSR count). The van der Waals surface area contributed by atoms with Crippen LogP contribution in [0.3, 0.4) is 0 Å². The third kappa shape index (κ3) is 6.33. The van der Waals surface area contributed by atoms with Crippen LogP contribution in [0.2, 0.25) is 0 Å². The van der Waals surface area contributed by atoms with Crippen molar-refractivity contribution in [1.82, 2.24) is 13.8 Å². The van der Waals surface area contributed by atoms with Crippen molar-refractivity contribution in [3.8, 4) is 0 Å². The Morgan fingerprint density at radius 3 is 2.41 bits per heavy atom. The van der Waals surface area contributed by atoms with Crippen LogP contribution in [0.15, 0.2) is 47.5 Å². The molecule has 1 aromatic carbocycles. The fourth-order valence-corrected chi connectivity index (χ4v) is 4.73. The Balaban J connectivity index is 2.32. The zero-order valence-corrected chi connectivity index (χ0v) is 19.3. The second-order valence-corrected chi connectivity index (χ2v) is 9.48. The average molecular weight is 476 g/mol. The summed E-state index contributed by atoms with van der Waals surface area (Å²) in [6.07, 6.45) is -2.86. The SMILES string of the molecule is COCCN(Cc1cccn1C)C(=O)CN(C(C)C)S(=O)(=O)c1cccc(C(F)(F)F)c1. The minimum absolute atomic E-state index is 0.232. The highest BCUT2D eigenvalue weighted by Gasteiger charge is 2.35. The second-order valence-electron chi connectivity index (χ2n) is 7.59. The van der Waals surface area contributed by atoms with Gasteiger partial charge in [-0.3, -0.25) is 4.79 Å². The first-order chi connectivity index (χ1) is 14.9. The van der Waals surface area contributed by atoms with E-state index in [9.17, 15) is 26.4 Å². The average Bonchev–Trinajstić information content (AvgIpc) is 3.12. The maximum absolute atomic E-state index is 13.2. The molecule has 11 heteroatoms. The first-order valence-electron chi connectivity index (χ1n) is 9.94. The summed E-state index contributed by atoms with van der Waals surface area (Å²) < 4.78 is 73.4. The number of ether oxygens (including phenoxy) is 1. The molecule has 0 unspecified atom stereocenters. The summed E-state index contributed by atoms with van der Waals surface area (Å²) in [6.45, 7) is 3.34. The molecule has 0 saturated carbocycles. The van der Waals surface area contributed by atoms with Gasteiger partial charge in [0.25, 0.3) is 0 Å². The van der Waals surface area contributed by atoms with E-state index < -0.39 is 45.2 Å². The van der Waals surface area contributed by atoms with Crippen LogP contribution in [0.1, 0.15) is 25.1 Å². The van der Waals surface area contributed by atoms with Crippen molar-refractivity contribution in [2.45, 2.75) is 37.5 Å². The van der Waals surface area contributed by atoms with Crippen molar-refractivity contribution in [2.75, 3.05) is 26.8 Å². The summed E-state index contributed by atoms with van der Waals surface area (Å²) in [5.74, 6) is -0.479. The highest BCUT2D eigenvalue weighted by atomic mass is 32.2. The number of aryl methyl sites for hydroxylation is 1. The molecule has 0 atom stereocenters. The van der Waals surface area contributed by atoms with E-state index in [1.165, 1.54) is 12.0 Å². The molecule has 0 bridgehead atoms. The summed E-state index contributed by atoms with van der Waals surface area (Å²) in [6, 6.07) is 6.53. The molecule has 0 aliphatic carbocycles. The van der Waals surface area contributed by atoms with Crippen LogP contribution >= 0.6 is 0 Å². The van der Waals surface area contributed by atoms with Crippen LogP contribution in [0.25, 0.3) is 0 Å². The number of halogens is 3. The fourth-order valence-electron chi connectivity index (χ4n) is 3.10. The number of hydrogen-bond acceptors (Lipinski definition) is 4. The van der Waals surface area contributed by atoms with Gasteiger partial charge in [-0.2, -0.15) is 17.5 Å². The third-order valence-corrected chi connectivity index (χ3v) is 6.98. The van der Waals surface area contributed by atoms with Crippen molar-refractivity contribution < 1.29 is 31.1 Å². The van der Waals surface area contributed by atoms with E-state index in [1.807, 2.05) is 29.9 Å². The minimum Gasteiger partial charge on any atom is -0.383 e. The lowest BCUT2D eigenvalue weighted by Crippen LogP contribution is -2.46. The van der Waals surface area contributed by atoms with E-state index in [1.54, 1.807) is 13.8 Å². The second kappa shape index (κ2) is 10.5. The molecule has 0 saturated heterocycles. The normalized spacial score (nSPS) is 12.5. The maximum Gasteiger partial charge on any atom is 0.416 e. The van der Waals surface area contributed by atoms with Gasteiger partial charge in [0.15, 0.2) is 0 Å². The van der Waals surface area contributed by atoms with Crippen LogP contribution in [-0.4, -0.2) is 60.9 Å². The Hall–Kier alpha value is -2.37. The lowest BCUT2D eigenvalue weighted by molar-refractivity contribution is -0.137. The Morgan fingerprint density at radius 2 is 1.88 bits per heavy atom. The third-order valence-electron chi connectivity index (χ3n) is 4.96. The zero-order chi connectivity index (χ0) is 24.1. The molecular weight excluding hydrogens is 447 g/mol. The molecule has 2 aromatic rings. The topological polar surface area (TPSA) is 71.8 Å². The number of carbonyl (C=O) groups excluding carboxylic acids is 1. The standard InChI is InChI=1S/C21H28F3N3O4S/c1-16(2)27(32(29,30)19-9-5-7-17(13-19)21(22,23)24)15-20(28)26(11-12-31-4)14-18-8-6-10-25(18)3/h5-10,13,16H,11-12,14-15H2,1-4H3. The van der Waals surface area contributed by atoms with Gasteiger partial charge in [0, 0.05) is 38.6 Å². The fraction of sp³-hybridized carbons (Fsp3) is 0.476. The number of benzene rings is 1. The molecule has 1 aromatic heterocycles. The van der Waals surface area contributed by atoms with E-state index in [2.05, 4.69) is 0 Å². The van der Waals surface area contributed by atoms with E-state index in [0.717, 1.165) is 28.2 Å². The number of rotatable bonds is 10. The predicted molar refractivity (Wildman–Crippen MR) is 113 cm³/mol. The molecule has 0 spiro atoms. The Bertz CT molecular complexity index is 1020. The van der Waals surface area contributed by atoms with Crippen molar-refractivity contribution >= 4 is 15.9 Å². The largest absolute Gasteiger partial charge is 0.416 e. The van der Waals surface area contributed by atoms with Crippen LogP contribution < -0.4 is 0 Å². The van der Waals surface area contributed by atoms with Crippen molar-refractivity contribution in [3.05, 3.63) is 53.9 Å². The smallest absolute Gasteiger partial charge is 0.383 e. The van der Waals surface area contributed by atoms with Gasteiger partial charge in [-0.25, -0.2) is 8.42 Å². The molecule has 178 valence electrons. The number of aromatic nitrogens is 1. The molecule has 0 aliphatic heterocycles. The molecular formula is C21H28F3N3O4S. The van der Waals surface area contributed by atoms with Crippen LogP contribution in [0.4, 0.5) is 13.2 Å². The number of sulfonamides is 1. The molecule has 0 fully saturated rings. The van der Waals surface area contributed by atoms with Crippen molar-refractivity contribution in [2.24, 2.45) is 7.05 Å². The van der Waals surface area contributed by atoms with Gasteiger partial charge in [0.2, 0.25) is 15.9 Å². The van der Waals surface area contributed by atoms with Gasteiger partial charge in [0.05, 0.1) is 30.2 Å².